The SMILES string of the molecule is NCCc1cc(F)ccc1Cl.O=C1NCCc2c(Cl)ccc(F)c21. The van der Waals surface area contributed by atoms with Gasteiger partial charge in [-0.2, -0.15) is 0 Å². The van der Waals surface area contributed by atoms with Gasteiger partial charge >= 0.3 is 0 Å². The Balaban J connectivity index is 0.000000177. The molecule has 3 rings (SSSR count). The summed E-state index contributed by atoms with van der Waals surface area (Å²) in [6.07, 6.45) is 1.22. The van der Waals surface area contributed by atoms with Crippen molar-refractivity contribution in [1.29, 1.82) is 0 Å². The average molecular weight is 373 g/mol. The minimum Gasteiger partial charge on any atom is -0.352 e. The third-order valence-electron chi connectivity index (χ3n) is 3.51. The molecule has 0 atom stereocenters. The number of carbonyl (C=O) groups excluding carboxylic acids is 1. The van der Waals surface area contributed by atoms with E-state index in [0.29, 0.717) is 41.5 Å². The second kappa shape index (κ2) is 8.42. The van der Waals surface area contributed by atoms with Crippen LogP contribution in [0.15, 0.2) is 30.3 Å². The zero-order valence-electron chi connectivity index (χ0n) is 12.7. The topological polar surface area (TPSA) is 55.1 Å². The molecule has 0 saturated heterocycles. The van der Waals surface area contributed by atoms with Crippen molar-refractivity contribution < 1.29 is 13.6 Å². The Bertz CT molecular complexity index is 754. The summed E-state index contributed by atoms with van der Waals surface area (Å²) < 4.78 is 25.8. The predicted octanol–water partition coefficient (Wildman–Crippen LogP) is 3.75. The fraction of sp³-hybridized carbons (Fsp3) is 0.235. The first-order chi connectivity index (χ1) is 11.4. The van der Waals surface area contributed by atoms with E-state index >= 15 is 0 Å². The molecule has 24 heavy (non-hydrogen) atoms. The number of rotatable bonds is 2. The summed E-state index contributed by atoms with van der Waals surface area (Å²) in [6.45, 7) is 1.01. The monoisotopic (exact) mass is 372 g/mol. The summed E-state index contributed by atoms with van der Waals surface area (Å²) in [5.41, 5.74) is 6.78. The molecule has 7 heteroatoms. The standard InChI is InChI=1S/C9H7ClFNO.C8H9ClFN/c10-6-1-2-7(11)8-5(6)3-4-12-9(8)13;9-8-2-1-7(10)5-6(8)3-4-11/h1-2H,3-4H2,(H,12,13);1-2,5H,3-4,11H2. The van der Waals surface area contributed by atoms with Crippen molar-refractivity contribution in [3.05, 3.63) is 68.7 Å². The Morgan fingerprint density at radius 3 is 2.50 bits per heavy atom. The molecular weight excluding hydrogens is 357 g/mol. The van der Waals surface area contributed by atoms with Gasteiger partial charge in [-0.3, -0.25) is 4.79 Å². The van der Waals surface area contributed by atoms with Gasteiger partial charge in [0.1, 0.15) is 11.6 Å². The van der Waals surface area contributed by atoms with Crippen LogP contribution >= 0.6 is 23.2 Å². The maximum absolute atomic E-state index is 13.2. The van der Waals surface area contributed by atoms with E-state index in [1.165, 1.54) is 24.3 Å². The highest BCUT2D eigenvalue weighted by Crippen LogP contribution is 2.25. The summed E-state index contributed by atoms with van der Waals surface area (Å²) in [5, 5.41) is 3.61. The molecule has 3 nitrogen and oxygen atoms in total. The highest BCUT2D eigenvalue weighted by Gasteiger charge is 2.22. The summed E-state index contributed by atoms with van der Waals surface area (Å²) in [4.78, 5) is 11.2. The van der Waals surface area contributed by atoms with E-state index in [0.717, 1.165) is 5.56 Å². The molecule has 0 radical (unpaired) electrons. The minimum absolute atomic E-state index is 0.0961. The number of amides is 1. The molecule has 2 aromatic carbocycles. The Morgan fingerprint density at radius 2 is 1.83 bits per heavy atom. The van der Waals surface area contributed by atoms with E-state index in [-0.39, 0.29) is 17.3 Å². The van der Waals surface area contributed by atoms with Gasteiger partial charge in [0.15, 0.2) is 0 Å². The Hall–Kier alpha value is -1.69. The van der Waals surface area contributed by atoms with Gasteiger partial charge in [-0.1, -0.05) is 23.2 Å². The summed E-state index contributed by atoms with van der Waals surface area (Å²) in [6, 6.07) is 6.99. The fourth-order valence-electron chi connectivity index (χ4n) is 2.36. The molecule has 1 aliphatic rings. The van der Waals surface area contributed by atoms with Crippen LogP contribution in [0.3, 0.4) is 0 Å². The lowest BCUT2D eigenvalue weighted by Crippen LogP contribution is -2.32. The second-order valence-corrected chi connectivity index (χ2v) is 5.98. The van der Waals surface area contributed by atoms with E-state index in [1.807, 2.05) is 0 Å². The predicted molar refractivity (Wildman–Crippen MR) is 91.6 cm³/mol. The lowest BCUT2D eigenvalue weighted by Gasteiger charge is -2.17. The smallest absolute Gasteiger partial charge is 0.254 e. The van der Waals surface area contributed by atoms with Gasteiger partial charge < -0.3 is 11.1 Å². The lowest BCUT2D eigenvalue weighted by atomic mass is 10.00. The Kier molecular flexibility index (Phi) is 6.54. The first kappa shape index (κ1) is 18.6. The van der Waals surface area contributed by atoms with Crippen LogP contribution in [0, 0.1) is 11.6 Å². The molecule has 0 unspecified atom stereocenters. The van der Waals surface area contributed by atoms with E-state index < -0.39 is 5.82 Å². The van der Waals surface area contributed by atoms with Gasteiger partial charge in [0, 0.05) is 16.6 Å². The molecule has 1 heterocycles. The Labute approximate surface area is 148 Å². The molecule has 128 valence electrons. The maximum atomic E-state index is 13.2. The molecule has 2 aromatic rings. The summed E-state index contributed by atoms with van der Waals surface area (Å²) in [7, 11) is 0. The van der Waals surface area contributed by atoms with Crippen LogP contribution in [0.2, 0.25) is 10.0 Å². The van der Waals surface area contributed by atoms with E-state index in [1.54, 1.807) is 6.07 Å². The van der Waals surface area contributed by atoms with Crippen LogP contribution in [0.25, 0.3) is 0 Å². The number of benzene rings is 2. The fourth-order valence-corrected chi connectivity index (χ4v) is 2.83. The van der Waals surface area contributed by atoms with Gasteiger partial charge in [-0.15, -0.1) is 0 Å². The van der Waals surface area contributed by atoms with Gasteiger partial charge in [0.05, 0.1) is 5.56 Å². The largest absolute Gasteiger partial charge is 0.352 e. The molecule has 3 N–H and O–H groups in total. The first-order valence-corrected chi connectivity index (χ1v) is 8.08. The number of carbonyl (C=O) groups is 1. The number of fused-ring (bicyclic) bond motifs is 1. The Morgan fingerprint density at radius 1 is 1.12 bits per heavy atom. The second-order valence-electron chi connectivity index (χ2n) is 5.16. The van der Waals surface area contributed by atoms with E-state index in [4.69, 9.17) is 28.9 Å². The van der Waals surface area contributed by atoms with Crippen molar-refractivity contribution in [2.24, 2.45) is 5.73 Å². The van der Waals surface area contributed by atoms with Crippen LogP contribution in [-0.4, -0.2) is 19.0 Å². The van der Waals surface area contributed by atoms with Gasteiger partial charge in [0.2, 0.25) is 0 Å². The van der Waals surface area contributed by atoms with Crippen LogP contribution in [0.4, 0.5) is 8.78 Å². The van der Waals surface area contributed by atoms with Gasteiger partial charge in [-0.05, 0) is 60.8 Å². The lowest BCUT2D eigenvalue weighted by molar-refractivity contribution is 0.0941. The summed E-state index contributed by atoms with van der Waals surface area (Å²) >= 11 is 11.6. The third kappa shape index (κ3) is 4.44. The third-order valence-corrected chi connectivity index (χ3v) is 4.24. The van der Waals surface area contributed by atoms with Crippen molar-refractivity contribution in [2.75, 3.05) is 13.1 Å². The van der Waals surface area contributed by atoms with Crippen molar-refractivity contribution in [2.45, 2.75) is 12.8 Å². The highest BCUT2D eigenvalue weighted by molar-refractivity contribution is 6.32. The molecule has 1 amide bonds. The van der Waals surface area contributed by atoms with Crippen molar-refractivity contribution in [3.8, 4) is 0 Å². The molecule has 0 aliphatic carbocycles. The van der Waals surface area contributed by atoms with Crippen molar-refractivity contribution in [1.82, 2.24) is 5.32 Å². The normalized spacial score (nSPS) is 12.8. The molecule has 0 bridgehead atoms. The average Bonchev–Trinajstić information content (AvgIpc) is 2.55. The number of hydrogen-bond acceptors (Lipinski definition) is 2. The number of nitrogens with one attached hydrogen (secondary N) is 1. The molecule has 0 fully saturated rings. The van der Waals surface area contributed by atoms with Crippen molar-refractivity contribution >= 4 is 29.1 Å². The van der Waals surface area contributed by atoms with E-state index in [2.05, 4.69) is 5.32 Å². The van der Waals surface area contributed by atoms with Crippen LogP contribution < -0.4 is 11.1 Å². The zero-order valence-corrected chi connectivity index (χ0v) is 14.2. The van der Waals surface area contributed by atoms with Crippen LogP contribution in [0.5, 0.6) is 0 Å². The maximum Gasteiger partial charge on any atom is 0.254 e. The molecule has 0 saturated carbocycles. The van der Waals surface area contributed by atoms with Crippen LogP contribution in [0.1, 0.15) is 21.5 Å². The van der Waals surface area contributed by atoms with Gasteiger partial charge in [-0.25, -0.2) is 8.78 Å². The van der Waals surface area contributed by atoms with Crippen molar-refractivity contribution in [3.63, 3.8) is 0 Å². The highest BCUT2D eigenvalue weighted by atomic mass is 35.5. The first-order valence-electron chi connectivity index (χ1n) is 7.33. The molecule has 0 aromatic heterocycles. The molecule has 1 aliphatic heterocycles. The van der Waals surface area contributed by atoms with E-state index in [9.17, 15) is 13.6 Å². The number of hydrogen-bond donors (Lipinski definition) is 2. The molecule has 0 spiro atoms. The quantitative estimate of drug-likeness (QED) is 0.843. The van der Waals surface area contributed by atoms with Gasteiger partial charge in [0.25, 0.3) is 5.91 Å². The number of nitrogens with two attached hydrogens (primary N) is 1. The minimum atomic E-state index is -0.503. The molecular formula is C17H16Cl2F2N2O. The number of halogens is 4. The zero-order chi connectivity index (χ0) is 17.7. The summed E-state index contributed by atoms with van der Waals surface area (Å²) in [5.74, 6) is -1.14. The van der Waals surface area contributed by atoms with Crippen LogP contribution in [-0.2, 0) is 12.8 Å².